The van der Waals surface area contributed by atoms with Crippen molar-refractivity contribution in [3.8, 4) is 0 Å². The summed E-state index contributed by atoms with van der Waals surface area (Å²) in [6, 6.07) is 8.70. The van der Waals surface area contributed by atoms with Crippen LogP contribution in [0.15, 0.2) is 47.4 Å². The molecule has 0 aliphatic rings. The van der Waals surface area contributed by atoms with Crippen molar-refractivity contribution < 1.29 is 0 Å². The van der Waals surface area contributed by atoms with Crippen molar-refractivity contribution >= 4 is 22.8 Å². The van der Waals surface area contributed by atoms with E-state index < -0.39 is 0 Å². The van der Waals surface area contributed by atoms with Crippen LogP contribution in [0.5, 0.6) is 0 Å². The molecule has 0 spiro atoms. The maximum absolute atomic E-state index is 4.29. The molecule has 3 aromatic heterocycles. The van der Waals surface area contributed by atoms with Crippen molar-refractivity contribution in [1.82, 2.24) is 9.38 Å². The van der Waals surface area contributed by atoms with Crippen molar-refractivity contribution in [3.05, 3.63) is 53.0 Å². The van der Waals surface area contributed by atoms with Crippen LogP contribution >= 0.6 is 11.3 Å². The zero-order chi connectivity index (χ0) is 12.4. The molecule has 0 bridgehead atoms. The number of thiophene rings is 1. The summed E-state index contributed by atoms with van der Waals surface area (Å²) in [5.41, 5.74) is 2.36. The van der Waals surface area contributed by atoms with Gasteiger partial charge >= 0.3 is 0 Å². The zero-order valence-corrected chi connectivity index (χ0v) is 11.0. The molecule has 3 heterocycles. The largest absolute Gasteiger partial charge is 0.368 e. The molecule has 1 unspecified atom stereocenters. The number of hydrogen-bond acceptors (Lipinski definition) is 3. The average molecular weight is 257 g/mol. The number of anilines is 1. The van der Waals surface area contributed by atoms with Crippen LogP contribution in [0.3, 0.4) is 0 Å². The molecule has 0 radical (unpaired) electrons. The van der Waals surface area contributed by atoms with E-state index in [1.54, 1.807) is 11.3 Å². The fourth-order valence-electron chi connectivity index (χ4n) is 2.13. The number of fused-ring (bicyclic) bond motifs is 1. The van der Waals surface area contributed by atoms with Gasteiger partial charge in [0.1, 0.15) is 11.5 Å². The van der Waals surface area contributed by atoms with E-state index in [-0.39, 0.29) is 0 Å². The molecule has 0 aliphatic heterocycles. The van der Waals surface area contributed by atoms with Gasteiger partial charge in [0.15, 0.2) is 0 Å². The van der Waals surface area contributed by atoms with Gasteiger partial charge in [0, 0.05) is 18.4 Å². The molecule has 0 aromatic carbocycles. The minimum absolute atomic E-state index is 0.396. The van der Waals surface area contributed by atoms with E-state index in [2.05, 4.69) is 44.5 Å². The second-order valence-corrected chi connectivity index (χ2v) is 5.23. The van der Waals surface area contributed by atoms with Gasteiger partial charge in [-0.05, 0) is 47.9 Å². The van der Waals surface area contributed by atoms with Gasteiger partial charge < -0.3 is 5.32 Å². The molecule has 0 fully saturated rings. The number of pyridine rings is 1. The first-order valence-corrected chi connectivity index (χ1v) is 6.97. The van der Waals surface area contributed by atoms with Crippen LogP contribution < -0.4 is 5.32 Å². The Hall–Kier alpha value is -1.81. The van der Waals surface area contributed by atoms with Crippen LogP contribution in [0.25, 0.3) is 5.65 Å². The van der Waals surface area contributed by atoms with Crippen LogP contribution in [0.4, 0.5) is 5.82 Å². The molecule has 1 N–H and O–H groups in total. The predicted octanol–water partition coefficient (Wildman–Crippen LogP) is 3.44. The summed E-state index contributed by atoms with van der Waals surface area (Å²) in [5, 5.41) is 7.86. The number of hydrogen-bond donors (Lipinski definition) is 1. The Balaban J connectivity index is 1.77. The van der Waals surface area contributed by atoms with E-state index >= 15 is 0 Å². The minimum Gasteiger partial charge on any atom is -0.368 e. The molecular formula is C14H15N3S. The second-order valence-electron chi connectivity index (χ2n) is 4.45. The Morgan fingerprint density at radius 2 is 2.33 bits per heavy atom. The third-order valence-electron chi connectivity index (χ3n) is 2.94. The fraction of sp³-hybridized carbons (Fsp3) is 0.214. The molecule has 0 saturated heterocycles. The topological polar surface area (TPSA) is 29.3 Å². The molecule has 0 aliphatic carbocycles. The number of nitrogens with zero attached hydrogens (tertiary/aromatic N) is 2. The Labute approximate surface area is 110 Å². The molecule has 3 nitrogen and oxygen atoms in total. The van der Waals surface area contributed by atoms with E-state index in [1.807, 2.05) is 24.5 Å². The third kappa shape index (κ3) is 2.24. The van der Waals surface area contributed by atoms with Gasteiger partial charge in [-0.25, -0.2) is 4.98 Å². The van der Waals surface area contributed by atoms with Crippen LogP contribution in [0.1, 0.15) is 12.5 Å². The summed E-state index contributed by atoms with van der Waals surface area (Å²) in [6.07, 6.45) is 4.84. The predicted molar refractivity (Wildman–Crippen MR) is 76.3 cm³/mol. The van der Waals surface area contributed by atoms with Crippen LogP contribution in [-0.4, -0.2) is 15.4 Å². The molecule has 4 heteroatoms. The molecule has 0 amide bonds. The van der Waals surface area contributed by atoms with Gasteiger partial charge in [-0.2, -0.15) is 11.3 Å². The van der Waals surface area contributed by atoms with Gasteiger partial charge in [-0.1, -0.05) is 6.07 Å². The molecule has 0 saturated carbocycles. The van der Waals surface area contributed by atoms with Gasteiger partial charge in [0.05, 0.1) is 0 Å². The molecule has 3 aromatic rings. The number of aromatic nitrogens is 2. The monoisotopic (exact) mass is 257 g/mol. The van der Waals surface area contributed by atoms with Gasteiger partial charge in [-0.15, -0.1) is 0 Å². The van der Waals surface area contributed by atoms with Gasteiger partial charge in [-0.3, -0.25) is 4.40 Å². The third-order valence-corrected chi connectivity index (χ3v) is 3.68. The number of rotatable bonds is 4. The lowest BCUT2D eigenvalue weighted by Crippen LogP contribution is -2.19. The first-order valence-electron chi connectivity index (χ1n) is 6.02. The summed E-state index contributed by atoms with van der Waals surface area (Å²) in [6.45, 7) is 2.20. The van der Waals surface area contributed by atoms with E-state index in [4.69, 9.17) is 0 Å². The van der Waals surface area contributed by atoms with Crippen molar-refractivity contribution in [2.45, 2.75) is 19.4 Å². The highest BCUT2D eigenvalue weighted by Gasteiger charge is 2.06. The lowest BCUT2D eigenvalue weighted by atomic mass is 10.1. The summed E-state index contributed by atoms with van der Waals surface area (Å²) < 4.78 is 2.07. The highest BCUT2D eigenvalue weighted by molar-refractivity contribution is 7.07. The molecule has 3 rings (SSSR count). The van der Waals surface area contributed by atoms with Crippen molar-refractivity contribution in [2.24, 2.45) is 0 Å². The Morgan fingerprint density at radius 1 is 1.39 bits per heavy atom. The van der Waals surface area contributed by atoms with Gasteiger partial charge in [0.25, 0.3) is 0 Å². The highest BCUT2D eigenvalue weighted by Crippen LogP contribution is 2.15. The quantitative estimate of drug-likeness (QED) is 0.775. The van der Waals surface area contributed by atoms with Crippen molar-refractivity contribution in [1.29, 1.82) is 0 Å². The first kappa shape index (κ1) is 11.3. The van der Waals surface area contributed by atoms with Crippen LogP contribution in [-0.2, 0) is 6.42 Å². The highest BCUT2D eigenvalue weighted by atomic mass is 32.1. The Bertz CT molecular complexity index is 627. The zero-order valence-electron chi connectivity index (χ0n) is 10.2. The van der Waals surface area contributed by atoms with Crippen molar-refractivity contribution in [2.75, 3.05) is 5.32 Å². The lowest BCUT2D eigenvalue weighted by molar-refractivity contribution is 0.784. The van der Waals surface area contributed by atoms with Crippen LogP contribution in [0, 0.1) is 0 Å². The SMILES string of the molecule is CC(Cc1ccsc1)Nc1cccc2nccn12. The number of nitrogens with one attached hydrogen (secondary N) is 1. The van der Waals surface area contributed by atoms with Crippen LogP contribution in [0.2, 0.25) is 0 Å². The average Bonchev–Trinajstić information content (AvgIpc) is 2.99. The lowest BCUT2D eigenvalue weighted by Gasteiger charge is -2.15. The molecule has 1 atom stereocenters. The molecular weight excluding hydrogens is 242 g/mol. The molecule has 92 valence electrons. The smallest absolute Gasteiger partial charge is 0.138 e. The van der Waals surface area contributed by atoms with Crippen molar-refractivity contribution in [3.63, 3.8) is 0 Å². The van der Waals surface area contributed by atoms with Gasteiger partial charge in [0.2, 0.25) is 0 Å². The molecule has 18 heavy (non-hydrogen) atoms. The maximum Gasteiger partial charge on any atom is 0.138 e. The van der Waals surface area contributed by atoms with E-state index in [9.17, 15) is 0 Å². The summed E-state index contributed by atoms with van der Waals surface area (Å²) >= 11 is 1.75. The standard InChI is InChI=1S/C14H15N3S/c1-11(9-12-5-8-18-10-12)16-14-4-2-3-13-15-6-7-17(13)14/h2-8,10-11,16H,9H2,1H3. The minimum atomic E-state index is 0.396. The first-order chi connectivity index (χ1) is 8.83. The Kier molecular flexibility index (Phi) is 3.02. The van der Waals surface area contributed by atoms with E-state index in [1.165, 1.54) is 5.56 Å². The number of imidazole rings is 1. The normalized spacial score (nSPS) is 12.7. The summed E-state index contributed by atoms with van der Waals surface area (Å²) in [7, 11) is 0. The second kappa shape index (κ2) is 4.82. The maximum atomic E-state index is 4.29. The summed E-state index contributed by atoms with van der Waals surface area (Å²) in [5.74, 6) is 1.09. The Morgan fingerprint density at radius 3 is 3.17 bits per heavy atom. The van der Waals surface area contributed by atoms with E-state index in [0.717, 1.165) is 17.9 Å². The summed E-state index contributed by atoms with van der Waals surface area (Å²) in [4.78, 5) is 4.29. The van der Waals surface area contributed by atoms with E-state index in [0.29, 0.717) is 6.04 Å². The fourth-order valence-corrected chi connectivity index (χ4v) is 2.81.